The molecule has 270 valence electrons. The van der Waals surface area contributed by atoms with Crippen molar-refractivity contribution in [3.63, 3.8) is 0 Å². The van der Waals surface area contributed by atoms with Crippen LogP contribution in [0.4, 0.5) is 0 Å². The second-order valence-electron chi connectivity index (χ2n) is 14.2. The number of aromatic nitrogens is 6. The van der Waals surface area contributed by atoms with E-state index in [0.717, 1.165) is 88.7 Å². The Morgan fingerprint density at radius 1 is 0.362 bits per heavy atom. The van der Waals surface area contributed by atoms with Crippen LogP contribution in [-0.4, -0.2) is 29.1 Å². The maximum atomic E-state index is 11.4. The Kier molecular flexibility index (Phi) is 7.73. The molecule has 0 atom stereocenters. The van der Waals surface area contributed by atoms with Gasteiger partial charge in [0.25, 0.3) is 0 Å². The van der Waals surface area contributed by atoms with Crippen LogP contribution >= 0.6 is 0 Å². The van der Waals surface area contributed by atoms with E-state index in [4.69, 9.17) is 0 Å². The van der Waals surface area contributed by atoms with Gasteiger partial charge < -0.3 is 9.13 Å². The molecular weight excluding hydrogens is 711 g/mol. The van der Waals surface area contributed by atoms with E-state index < -0.39 is 0 Å². The van der Waals surface area contributed by atoms with Crippen LogP contribution in [0.5, 0.6) is 0 Å². The Bertz CT molecular complexity index is 3260. The molecule has 0 N–H and O–H groups in total. The zero-order chi connectivity index (χ0) is 38.6. The number of hydrogen-bond donors (Lipinski definition) is 0. The SMILES string of the molecule is N#Cc1c(-c2ccncc2)c(-c2ccncc2)c(-n2c3ccccc3c3c4c5ccccc5n(-c5ccccc5)c4ccc32)c(-c2ccncc2)c1-c1ccncc1. The fraction of sp³-hybridized carbons (Fsp3) is 0. The largest absolute Gasteiger partial charge is 0.309 e. The number of para-hydroxylation sites is 3. The second kappa shape index (κ2) is 13.5. The molecule has 0 fully saturated rings. The molecule has 0 radical (unpaired) electrons. The predicted octanol–water partition coefficient (Wildman–Crippen LogP) is 12.0. The predicted molar refractivity (Wildman–Crippen MR) is 233 cm³/mol. The molecule has 0 aliphatic rings. The molecular formula is C51H31N7. The Morgan fingerprint density at radius 2 is 0.741 bits per heavy atom. The van der Waals surface area contributed by atoms with Crippen molar-refractivity contribution in [2.24, 2.45) is 0 Å². The van der Waals surface area contributed by atoms with Crippen molar-refractivity contribution < 1.29 is 0 Å². The van der Waals surface area contributed by atoms with Crippen molar-refractivity contribution in [1.29, 1.82) is 5.26 Å². The van der Waals surface area contributed by atoms with Crippen molar-refractivity contribution in [3.05, 3.63) is 195 Å². The van der Waals surface area contributed by atoms with Crippen LogP contribution in [-0.2, 0) is 0 Å². The van der Waals surface area contributed by atoms with Gasteiger partial charge in [-0.25, -0.2) is 0 Å². The van der Waals surface area contributed by atoms with Crippen molar-refractivity contribution in [2.75, 3.05) is 0 Å². The van der Waals surface area contributed by atoms with Gasteiger partial charge >= 0.3 is 0 Å². The third-order valence-corrected chi connectivity index (χ3v) is 11.2. The molecule has 0 amide bonds. The molecule has 7 heteroatoms. The highest BCUT2D eigenvalue weighted by atomic mass is 15.0. The highest BCUT2D eigenvalue weighted by Gasteiger charge is 2.31. The van der Waals surface area contributed by atoms with Gasteiger partial charge in [-0.3, -0.25) is 19.9 Å². The molecule has 11 aromatic rings. The molecule has 6 heterocycles. The number of pyridine rings is 4. The maximum Gasteiger partial charge on any atom is 0.100 e. The molecule has 58 heavy (non-hydrogen) atoms. The molecule has 11 rings (SSSR count). The average Bonchev–Trinajstić information content (AvgIpc) is 3.82. The van der Waals surface area contributed by atoms with E-state index in [9.17, 15) is 5.26 Å². The monoisotopic (exact) mass is 741 g/mol. The summed E-state index contributed by atoms with van der Waals surface area (Å²) >= 11 is 0. The van der Waals surface area contributed by atoms with Gasteiger partial charge in [0.2, 0.25) is 0 Å². The molecule has 6 aromatic heterocycles. The van der Waals surface area contributed by atoms with Gasteiger partial charge in [0.05, 0.1) is 33.3 Å². The summed E-state index contributed by atoms with van der Waals surface area (Å²) in [6, 6.07) is 51.2. The normalized spacial score (nSPS) is 11.4. The van der Waals surface area contributed by atoms with Crippen LogP contribution in [0.25, 0.3) is 99.5 Å². The van der Waals surface area contributed by atoms with Gasteiger partial charge in [0.1, 0.15) is 6.07 Å². The van der Waals surface area contributed by atoms with Crippen LogP contribution in [0, 0.1) is 11.3 Å². The number of rotatable bonds is 6. The Balaban J connectivity index is 1.42. The molecule has 0 unspecified atom stereocenters. The third kappa shape index (κ3) is 4.99. The van der Waals surface area contributed by atoms with E-state index in [-0.39, 0.29) is 0 Å². The van der Waals surface area contributed by atoms with Crippen LogP contribution < -0.4 is 0 Å². The summed E-state index contributed by atoms with van der Waals surface area (Å²) in [7, 11) is 0. The zero-order valence-corrected chi connectivity index (χ0v) is 31.0. The Morgan fingerprint density at radius 3 is 1.19 bits per heavy atom. The fourth-order valence-corrected chi connectivity index (χ4v) is 8.90. The van der Waals surface area contributed by atoms with Gasteiger partial charge in [-0.15, -0.1) is 0 Å². The lowest BCUT2D eigenvalue weighted by molar-refractivity contribution is 1.17. The van der Waals surface area contributed by atoms with Crippen molar-refractivity contribution in [1.82, 2.24) is 29.1 Å². The number of hydrogen-bond acceptors (Lipinski definition) is 5. The summed E-state index contributed by atoms with van der Waals surface area (Å²) in [5.41, 5.74) is 14.0. The Hall–Kier alpha value is -8.21. The van der Waals surface area contributed by atoms with E-state index in [1.807, 2.05) is 73.3 Å². The van der Waals surface area contributed by atoms with Gasteiger partial charge in [0, 0.05) is 99.1 Å². The van der Waals surface area contributed by atoms with Crippen molar-refractivity contribution in [3.8, 4) is 62.0 Å². The fourth-order valence-electron chi connectivity index (χ4n) is 8.90. The summed E-state index contributed by atoms with van der Waals surface area (Å²) in [5, 5.41) is 16.1. The lowest BCUT2D eigenvalue weighted by atomic mass is 9.80. The molecule has 7 nitrogen and oxygen atoms in total. The molecule has 0 saturated carbocycles. The van der Waals surface area contributed by atoms with Gasteiger partial charge in [0.15, 0.2) is 0 Å². The number of fused-ring (bicyclic) bond motifs is 7. The van der Waals surface area contributed by atoms with Crippen LogP contribution in [0.15, 0.2) is 189 Å². The Labute approximate surface area is 333 Å². The summed E-state index contributed by atoms with van der Waals surface area (Å²) in [6.45, 7) is 0. The topological polar surface area (TPSA) is 85.2 Å². The molecule has 0 spiro atoms. The highest BCUT2D eigenvalue weighted by Crippen LogP contribution is 2.53. The number of nitrogens with zero attached hydrogens (tertiary/aromatic N) is 7. The number of nitriles is 1. The summed E-state index contributed by atoms with van der Waals surface area (Å²) in [5.74, 6) is 0. The molecule has 0 aliphatic carbocycles. The first-order valence-electron chi connectivity index (χ1n) is 19.1. The van der Waals surface area contributed by atoms with Crippen molar-refractivity contribution in [2.45, 2.75) is 0 Å². The first kappa shape index (κ1) is 33.2. The standard InChI is InChI=1S/C51H31N7/c52-32-40-45(33-16-24-53-25-17-33)47(35-20-28-55-29-21-35)51(48(36-22-30-56-31-23-36)46(40)34-18-26-54-27-19-34)58-42-13-7-5-11-39(42)50-44(58)15-14-43-49(50)38-10-4-6-12-41(38)57(43)37-8-2-1-3-9-37/h1-31H. The minimum atomic E-state index is 0.550. The molecule has 0 saturated heterocycles. The van der Waals surface area contributed by atoms with Crippen LogP contribution in [0.1, 0.15) is 5.56 Å². The number of benzene rings is 5. The third-order valence-electron chi connectivity index (χ3n) is 11.2. The summed E-state index contributed by atoms with van der Waals surface area (Å²) < 4.78 is 4.78. The minimum absolute atomic E-state index is 0.550. The van der Waals surface area contributed by atoms with Crippen LogP contribution in [0.2, 0.25) is 0 Å². The van der Waals surface area contributed by atoms with Gasteiger partial charge in [-0.1, -0.05) is 54.6 Å². The summed E-state index contributed by atoms with van der Waals surface area (Å²) in [6.07, 6.45) is 14.4. The first-order valence-corrected chi connectivity index (χ1v) is 19.1. The second-order valence-corrected chi connectivity index (χ2v) is 14.2. The highest BCUT2D eigenvalue weighted by molar-refractivity contribution is 6.29. The summed E-state index contributed by atoms with van der Waals surface area (Å²) in [4.78, 5) is 17.7. The van der Waals surface area contributed by atoms with E-state index in [2.05, 4.69) is 126 Å². The lowest BCUT2D eigenvalue weighted by Crippen LogP contribution is -2.07. The molecule has 0 bridgehead atoms. The van der Waals surface area contributed by atoms with Gasteiger partial charge in [-0.2, -0.15) is 5.26 Å². The molecule has 0 aliphatic heterocycles. The van der Waals surface area contributed by atoms with E-state index in [1.54, 1.807) is 24.8 Å². The lowest BCUT2D eigenvalue weighted by Gasteiger charge is -2.27. The first-order chi connectivity index (χ1) is 28.8. The van der Waals surface area contributed by atoms with E-state index in [1.165, 1.54) is 10.8 Å². The van der Waals surface area contributed by atoms with Crippen LogP contribution in [0.3, 0.4) is 0 Å². The quantitative estimate of drug-likeness (QED) is 0.169. The van der Waals surface area contributed by atoms with Crippen molar-refractivity contribution >= 4 is 43.6 Å². The maximum absolute atomic E-state index is 11.4. The van der Waals surface area contributed by atoms with Gasteiger partial charge in [-0.05, 0) is 107 Å². The minimum Gasteiger partial charge on any atom is -0.309 e. The van der Waals surface area contributed by atoms with E-state index >= 15 is 0 Å². The zero-order valence-electron chi connectivity index (χ0n) is 31.0. The average molecular weight is 742 g/mol. The van der Waals surface area contributed by atoms with E-state index in [0.29, 0.717) is 5.56 Å². The molecule has 5 aromatic carbocycles. The smallest absolute Gasteiger partial charge is 0.100 e.